The van der Waals surface area contributed by atoms with E-state index < -0.39 is 5.41 Å². The number of carbonyl (C=O) groups excluding carboxylic acids is 2. The van der Waals surface area contributed by atoms with E-state index in [-0.39, 0.29) is 30.6 Å². The van der Waals surface area contributed by atoms with Crippen LogP contribution in [-0.2, 0) is 21.4 Å². The summed E-state index contributed by atoms with van der Waals surface area (Å²) in [5, 5.41) is 0. The van der Waals surface area contributed by atoms with Crippen LogP contribution in [0, 0.1) is 19.8 Å². The molecule has 1 aliphatic rings. The van der Waals surface area contributed by atoms with E-state index in [4.69, 9.17) is 14.2 Å². The maximum atomic E-state index is 13.3. The summed E-state index contributed by atoms with van der Waals surface area (Å²) in [7, 11) is 1.84. The number of aryl methyl sites for hydroxylation is 2. The molecule has 0 aliphatic carbocycles. The van der Waals surface area contributed by atoms with Crippen molar-refractivity contribution >= 4 is 11.9 Å². The van der Waals surface area contributed by atoms with Gasteiger partial charge in [-0.1, -0.05) is 39.8 Å². The fourth-order valence-electron chi connectivity index (χ4n) is 4.49. The number of ether oxygens (including phenoxy) is 3. The van der Waals surface area contributed by atoms with Gasteiger partial charge in [0.15, 0.2) is 11.5 Å². The van der Waals surface area contributed by atoms with Crippen LogP contribution >= 0.6 is 0 Å². The smallest absolute Gasteiger partial charge is 0.313 e. The monoisotopic (exact) mass is 467 g/mol. The topological polar surface area (TPSA) is 65.1 Å². The van der Waals surface area contributed by atoms with Crippen LogP contribution in [-0.4, -0.2) is 36.7 Å². The summed E-state index contributed by atoms with van der Waals surface area (Å²) in [6, 6.07) is 9.86. The van der Waals surface area contributed by atoms with Crippen molar-refractivity contribution < 1.29 is 23.8 Å². The Morgan fingerprint density at radius 2 is 1.74 bits per heavy atom. The Kier molecular flexibility index (Phi) is 7.59. The molecule has 0 spiro atoms. The van der Waals surface area contributed by atoms with Crippen molar-refractivity contribution in [1.82, 2.24) is 4.90 Å². The molecule has 0 fully saturated rings. The van der Waals surface area contributed by atoms with Crippen molar-refractivity contribution in [3.63, 3.8) is 0 Å². The van der Waals surface area contributed by atoms with Crippen molar-refractivity contribution in [3.8, 4) is 17.2 Å². The van der Waals surface area contributed by atoms with Crippen molar-refractivity contribution in [3.05, 3.63) is 52.6 Å². The van der Waals surface area contributed by atoms with Crippen LogP contribution in [0.25, 0.3) is 0 Å². The summed E-state index contributed by atoms with van der Waals surface area (Å²) < 4.78 is 16.6. The van der Waals surface area contributed by atoms with Gasteiger partial charge < -0.3 is 19.1 Å². The standard InChI is InChI=1S/C28H37NO5/c1-17(2)27(31)34-24-12-18(3)11-19(4)26(24)28(6,7)15-25(30)29(8)20(5)13-21-9-10-22-23(14-21)33-16-32-22/h9-12,14,17,20H,13,15-16H2,1-8H3. The van der Waals surface area contributed by atoms with Gasteiger partial charge in [-0.15, -0.1) is 0 Å². The molecule has 2 aromatic rings. The fourth-order valence-corrected chi connectivity index (χ4v) is 4.49. The third-order valence-corrected chi connectivity index (χ3v) is 6.42. The zero-order valence-corrected chi connectivity index (χ0v) is 21.7. The number of carbonyl (C=O) groups is 2. The summed E-state index contributed by atoms with van der Waals surface area (Å²) in [6.45, 7) is 14.0. The highest BCUT2D eigenvalue weighted by atomic mass is 16.7. The minimum Gasteiger partial charge on any atom is -0.454 e. The van der Waals surface area contributed by atoms with Crippen LogP contribution < -0.4 is 14.2 Å². The number of nitrogens with zero attached hydrogens (tertiary/aromatic N) is 1. The molecule has 34 heavy (non-hydrogen) atoms. The Balaban J connectivity index is 1.76. The van der Waals surface area contributed by atoms with Gasteiger partial charge in [-0.05, 0) is 62.1 Å². The maximum Gasteiger partial charge on any atom is 0.313 e. The largest absolute Gasteiger partial charge is 0.454 e. The van der Waals surface area contributed by atoms with Crippen LogP contribution in [0.5, 0.6) is 17.2 Å². The lowest BCUT2D eigenvalue weighted by Gasteiger charge is -2.33. The van der Waals surface area contributed by atoms with E-state index in [2.05, 4.69) is 6.07 Å². The van der Waals surface area contributed by atoms with E-state index in [1.54, 1.807) is 4.90 Å². The molecule has 1 aliphatic heterocycles. The predicted molar refractivity (Wildman–Crippen MR) is 133 cm³/mol. The summed E-state index contributed by atoms with van der Waals surface area (Å²) in [4.78, 5) is 27.5. The first-order chi connectivity index (χ1) is 15.9. The second-order valence-electron chi connectivity index (χ2n) is 10.3. The Bertz CT molecular complexity index is 1070. The van der Waals surface area contributed by atoms with E-state index in [1.807, 2.05) is 79.8 Å². The van der Waals surface area contributed by atoms with E-state index in [1.165, 1.54) is 0 Å². The second-order valence-corrected chi connectivity index (χ2v) is 10.3. The number of benzene rings is 2. The van der Waals surface area contributed by atoms with Crippen LogP contribution in [0.2, 0.25) is 0 Å². The molecule has 3 rings (SSSR count). The first kappa shape index (κ1) is 25.6. The van der Waals surface area contributed by atoms with Gasteiger partial charge in [-0.25, -0.2) is 0 Å². The van der Waals surface area contributed by atoms with Gasteiger partial charge in [0.1, 0.15) is 5.75 Å². The van der Waals surface area contributed by atoms with Crippen molar-refractivity contribution in [2.45, 2.75) is 72.8 Å². The highest BCUT2D eigenvalue weighted by molar-refractivity contribution is 5.79. The molecule has 2 aromatic carbocycles. The minimum atomic E-state index is -0.520. The Labute approximate surface area is 203 Å². The second kappa shape index (κ2) is 10.1. The first-order valence-electron chi connectivity index (χ1n) is 11.9. The van der Waals surface area contributed by atoms with Crippen LogP contribution in [0.4, 0.5) is 0 Å². The summed E-state index contributed by atoms with van der Waals surface area (Å²) in [5.74, 6) is 1.58. The molecule has 1 amide bonds. The molecule has 0 bridgehead atoms. The number of esters is 1. The Morgan fingerprint density at radius 3 is 2.41 bits per heavy atom. The van der Waals surface area contributed by atoms with Gasteiger partial charge in [0.05, 0.1) is 5.92 Å². The van der Waals surface area contributed by atoms with Gasteiger partial charge in [0.25, 0.3) is 0 Å². The van der Waals surface area contributed by atoms with Crippen LogP contribution in [0.1, 0.15) is 63.3 Å². The van der Waals surface area contributed by atoms with Crippen LogP contribution in [0.3, 0.4) is 0 Å². The SMILES string of the molecule is Cc1cc(C)c(C(C)(C)CC(=O)N(C)C(C)Cc2ccc3c(c2)OCO3)c(OC(=O)C(C)C)c1. The number of hydrogen-bond donors (Lipinski definition) is 0. The molecule has 0 N–H and O–H groups in total. The quantitative estimate of drug-likeness (QED) is 0.387. The van der Waals surface area contributed by atoms with Gasteiger partial charge in [0.2, 0.25) is 12.7 Å². The van der Waals surface area contributed by atoms with Crippen molar-refractivity contribution in [1.29, 1.82) is 0 Å². The molecule has 184 valence electrons. The zero-order valence-electron chi connectivity index (χ0n) is 21.7. The molecule has 0 radical (unpaired) electrons. The van der Waals surface area contributed by atoms with E-state index >= 15 is 0 Å². The number of hydrogen-bond acceptors (Lipinski definition) is 5. The molecule has 6 nitrogen and oxygen atoms in total. The number of amides is 1. The fraction of sp³-hybridized carbons (Fsp3) is 0.500. The maximum absolute atomic E-state index is 13.3. The molecule has 0 saturated carbocycles. The number of rotatable bonds is 8. The third-order valence-electron chi connectivity index (χ3n) is 6.42. The zero-order chi connectivity index (χ0) is 25.2. The minimum absolute atomic E-state index is 0.000949. The average Bonchev–Trinajstić information content (AvgIpc) is 3.19. The Hall–Kier alpha value is -3.02. The molecule has 0 aromatic heterocycles. The molecular formula is C28H37NO5. The molecule has 0 saturated heterocycles. The van der Waals surface area contributed by atoms with Gasteiger partial charge in [-0.2, -0.15) is 0 Å². The molecule has 1 atom stereocenters. The predicted octanol–water partition coefficient (Wildman–Crippen LogP) is 5.35. The van der Waals surface area contributed by atoms with E-state index in [0.717, 1.165) is 33.8 Å². The lowest BCUT2D eigenvalue weighted by Crippen LogP contribution is -2.39. The normalized spacial score (nSPS) is 13.7. The molecule has 1 unspecified atom stereocenters. The van der Waals surface area contributed by atoms with Gasteiger partial charge in [-0.3, -0.25) is 9.59 Å². The summed E-state index contributed by atoms with van der Waals surface area (Å²) in [6.07, 6.45) is 1.01. The molecule has 6 heteroatoms. The van der Waals surface area contributed by atoms with Crippen LogP contribution in [0.15, 0.2) is 30.3 Å². The van der Waals surface area contributed by atoms with E-state index in [9.17, 15) is 9.59 Å². The average molecular weight is 468 g/mol. The number of fused-ring (bicyclic) bond motifs is 1. The highest BCUT2D eigenvalue weighted by Gasteiger charge is 2.32. The first-order valence-corrected chi connectivity index (χ1v) is 11.9. The van der Waals surface area contributed by atoms with Gasteiger partial charge in [0, 0.05) is 30.5 Å². The number of likely N-dealkylation sites (N-methyl/N-ethyl adjacent to an activating group) is 1. The summed E-state index contributed by atoms with van der Waals surface area (Å²) in [5.41, 5.74) is 3.50. The molecular weight excluding hydrogens is 430 g/mol. The van der Waals surface area contributed by atoms with Crippen molar-refractivity contribution in [2.24, 2.45) is 5.92 Å². The molecule has 1 heterocycles. The lowest BCUT2D eigenvalue weighted by molar-refractivity contribution is -0.137. The Morgan fingerprint density at radius 1 is 1.06 bits per heavy atom. The summed E-state index contributed by atoms with van der Waals surface area (Å²) >= 11 is 0. The van der Waals surface area contributed by atoms with E-state index in [0.29, 0.717) is 18.6 Å². The lowest BCUT2D eigenvalue weighted by atomic mass is 9.77. The third kappa shape index (κ3) is 5.72. The highest BCUT2D eigenvalue weighted by Crippen LogP contribution is 2.39. The van der Waals surface area contributed by atoms with Crippen molar-refractivity contribution in [2.75, 3.05) is 13.8 Å². The van der Waals surface area contributed by atoms with Gasteiger partial charge >= 0.3 is 5.97 Å².